The molecule has 0 radical (unpaired) electrons. The second-order valence-electron chi connectivity index (χ2n) is 4.57. The molecule has 0 aliphatic carbocycles. The molecule has 3 aromatic carbocycles. The van der Waals surface area contributed by atoms with Gasteiger partial charge in [-0.25, -0.2) is 4.79 Å². The zero-order valence-corrected chi connectivity index (χ0v) is 11.2. The Morgan fingerprint density at radius 3 is 2.45 bits per heavy atom. The first-order chi connectivity index (χ1) is 9.78. The number of ether oxygens (including phenoxy) is 1. The lowest BCUT2D eigenvalue weighted by Gasteiger charge is -2.09. The lowest BCUT2D eigenvalue weighted by atomic mass is 10.0. The Labute approximate surface area is 117 Å². The predicted molar refractivity (Wildman–Crippen MR) is 82.1 cm³/mol. The molecule has 0 aromatic heterocycles. The number of fused-ring (bicyclic) bond motifs is 2. The zero-order valence-electron chi connectivity index (χ0n) is 11.2. The van der Waals surface area contributed by atoms with Crippen LogP contribution >= 0.6 is 0 Å². The van der Waals surface area contributed by atoms with Crippen LogP contribution in [0, 0.1) is 0 Å². The highest BCUT2D eigenvalue weighted by atomic mass is 16.5. The van der Waals surface area contributed by atoms with Crippen molar-refractivity contribution in [3.05, 3.63) is 54.6 Å². The second-order valence-corrected chi connectivity index (χ2v) is 4.57. The van der Waals surface area contributed by atoms with Crippen LogP contribution in [0.5, 0.6) is 0 Å². The fraction of sp³-hybridized carbons (Fsp3) is 0.118. The second kappa shape index (κ2) is 5.21. The monoisotopic (exact) mass is 265 g/mol. The van der Waals surface area contributed by atoms with E-state index in [2.05, 4.69) is 29.6 Å². The zero-order chi connectivity index (χ0) is 13.9. The van der Waals surface area contributed by atoms with Crippen molar-refractivity contribution in [2.45, 2.75) is 6.92 Å². The van der Waals surface area contributed by atoms with Gasteiger partial charge in [0.05, 0.1) is 12.3 Å². The van der Waals surface area contributed by atoms with E-state index in [1.54, 1.807) is 6.92 Å². The van der Waals surface area contributed by atoms with Crippen LogP contribution in [0.25, 0.3) is 21.5 Å². The van der Waals surface area contributed by atoms with Crippen molar-refractivity contribution in [1.82, 2.24) is 0 Å². The number of anilines is 1. The molecular formula is C17H15NO2. The van der Waals surface area contributed by atoms with Gasteiger partial charge in [-0.15, -0.1) is 0 Å². The average molecular weight is 265 g/mol. The topological polar surface area (TPSA) is 38.3 Å². The number of carbonyl (C=O) groups excluding carboxylic acids is 1. The number of rotatable bonds is 2. The van der Waals surface area contributed by atoms with Crippen molar-refractivity contribution < 1.29 is 9.53 Å². The number of nitrogens with one attached hydrogen (secondary N) is 1. The third-order valence-electron chi connectivity index (χ3n) is 3.26. The largest absolute Gasteiger partial charge is 0.450 e. The molecule has 0 saturated heterocycles. The van der Waals surface area contributed by atoms with E-state index < -0.39 is 6.09 Å². The van der Waals surface area contributed by atoms with Crippen molar-refractivity contribution >= 4 is 33.3 Å². The Kier molecular flexibility index (Phi) is 3.25. The molecule has 0 aliphatic heterocycles. The summed E-state index contributed by atoms with van der Waals surface area (Å²) in [5, 5.41) is 7.24. The summed E-state index contributed by atoms with van der Waals surface area (Å²) in [5.74, 6) is 0. The van der Waals surface area contributed by atoms with Gasteiger partial charge in [-0.3, -0.25) is 5.32 Å². The van der Waals surface area contributed by atoms with Crippen molar-refractivity contribution in [3.63, 3.8) is 0 Å². The molecule has 3 nitrogen and oxygen atoms in total. The van der Waals surface area contributed by atoms with Crippen molar-refractivity contribution in [1.29, 1.82) is 0 Å². The molecule has 0 spiro atoms. The van der Waals surface area contributed by atoms with Gasteiger partial charge in [-0.1, -0.05) is 36.4 Å². The van der Waals surface area contributed by atoms with Gasteiger partial charge in [-0.05, 0) is 41.3 Å². The van der Waals surface area contributed by atoms with Crippen LogP contribution in [0.1, 0.15) is 6.92 Å². The van der Waals surface area contributed by atoms with Gasteiger partial charge in [0, 0.05) is 5.39 Å². The molecule has 0 unspecified atom stereocenters. The third-order valence-corrected chi connectivity index (χ3v) is 3.26. The Bertz CT molecular complexity index is 780. The summed E-state index contributed by atoms with van der Waals surface area (Å²) in [6.07, 6.45) is -0.423. The first-order valence-corrected chi connectivity index (χ1v) is 6.63. The van der Waals surface area contributed by atoms with Gasteiger partial charge in [0.1, 0.15) is 0 Å². The minimum atomic E-state index is -0.423. The lowest BCUT2D eigenvalue weighted by Crippen LogP contribution is -2.13. The fourth-order valence-corrected chi connectivity index (χ4v) is 2.35. The molecule has 0 bridgehead atoms. The van der Waals surface area contributed by atoms with Gasteiger partial charge in [0.15, 0.2) is 0 Å². The van der Waals surface area contributed by atoms with Crippen LogP contribution in [0.2, 0.25) is 0 Å². The first kappa shape index (κ1) is 12.5. The number of hydrogen-bond acceptors (Lipinski definition) is 2. The van der Waals surface area contributed by atoms with Crippen molar-refractivity contribution in [2.75, 3.05) is 11.9 Å². The van der Waals surface area contributed by atoms with Gasteiger partial charge in [0.25, 0.3) is 0 Å². The minimum Gasteiger partial charge on any atom is -0.450 e. The first-order valence-electron chi connectivity index (χ1n) is 6.63. The molecule has 1 N–H and O–H groups in total. The molecule has 20 heavy (non-hydrogen) atoms. The number of carbonyl (C=O) groups is 1. The van der Waals surface area contributed by atoms with E-state index in [-0.39, 0.29) is 0 Å². The quantitative estimate of drug-likeness (QED) is 0.690. The van der Waals surface area contributed by atoms with E-state index in [9.17, 15) is 4.79 Å². The maximum absolute atomic E-state index is 11.6. The number of benzene rings is 3. The third kappa shape index (κ3) is 2.30. The SMILES string of the molecule is CCOC(=O)Nc1cccc2cc3ccccc3cc12. The number of amides is 1. The molecule has 1 amide bonds. The molecule has 3 rings (SSSR count). The summed E-state index contributed by atoms with van der Waals surface area (Å²) in [4.78, 5) is 11.6. The molecule has 0 heterocycles. The lowest BCUT2D eigenvalue weighted by molar-refractivity contribution is 0.168. The van der Waals surface area contributed by atoms with E-state index in [4.69, 9.17) is 4.74 Å². The summed E-state index contributed by atoms with van der Waals surface area (Å²) in [5.41, 5.74) is 0.770. The summed E-state index contributed by atoms with van der Waals surface area (Å²) in [7, 11) is 0. The molecule has 3 heteroatoms. The van der Waals surface area contributed by atoms with E-state index >= 15 is 0 Å². The van der Waals surface area contributed by atoms with Crippen LogP contribution in [-0.4, -0.2) is 12.7 Å². The summed E-state index contributed by atoms with van der Waals surface area (Å²) in [6, 6.07) is 18.2. The van der Waals surface area contributed by atoms with Crippen LogP contribution in [0.4, 0.5) is 10.5 Å². The van der Waals surface area contributed by atoms with Crippen LogP contribution in [0.3, 0.4) is 0 Å². The maximum atomic E-state index is 11.6. The minimum absolute atomic E-state index is 0.361. The Balaban J connectivity index is 2.12. The van der Waals surface area contributed by atoms with Crippen molar-refractivity contribution in [2.24, 2.45) is 0 Å². The summed E-state index contributed by atoms with van der Waals surface area (Å²) in [6.45, 7) is 2.15. The average Bonchev–Trinajstić information content (AvgIpc) is 2.46. The standard InChI is InChI=1S/C17H15NO2/c1-2-20-17(19)18-16-9-5-8-14-10-12-6-3-4-7-13(12)11-15(14)16/h3-11H,2H2,1H3,(H,18,19). The highest BCUT2D eigenvalue weighted by Crippen LogP contribution is 2.28. The molecule has 0 aliphatic rings. The Hall–Kier alpha value is -2.55. The van der Waals surface area contributed by atoms with Crippen LogP contribution < -0.4 is 5.32 Å². The Morgan fingerprint density at radius 1 is 1.00 bits per heavy atom. The fourth-order valence-electron chi connectivity index (χ4n) is 2.35. The molecule has 0 saturated carbocycles. The van der Waals surface area contributed by atoms with E-state index in [0.717, 1.165) is 21.8 Å². The highest BCUT2D eigenvalue weighted by Gasteiger charge is 2.06. The summed E-state index contributed by atoms with van der Waals surface area (Å²) < 4.78 is 4.93. The smallest absolute Gasteiger partial charge is 0.411 e. The molecule has 100 valence electrons. The Morgan fingerprint density at radius 2 is 1.70 bits per heavy atom. The molecular weight excluding hydrogens is 250 g/mol. The van der Waals surface area contributed by atoms with Gasteiger partial charge in [-0.2, -0.15) is 0 Å². The van der Waals surface area contributed by atoms with Crippen LogP contribution in [-0.2, 0) is 4.74 Å². The van der Waals surface area contributed by atoms with E-state index in [1.807, 2.05) is 30.3 Å². The molecule has 0 atom stereocenters. The number of hydrogen-bond donors (Lipinski definition) is 1. The van der Waals surface area contributed by atoms with Crippen molar-refractivity contribution in [3.8, 4) is 0 Å². The normalized spacial score (nSPS) is 10.7. The predicted octanol–water partition coefficient (Wildman–Crippen LogP) is 4.56. The van der Waals surface area contributed by atoms with Gasteiger partial charge < -0.3 is 4.74 Å². The molecule has 3 aromatic rings. The maximum Gasteiger partial charge on any atom is 0.411 e. The van der Waals surface area contributed by atoms with E-state index in [1.165, 1.54) is 5.39 Å². The van der Waals surface area contributed by atoms with Crippen LogP contribution in [0.15, 0.2) is 54.6 Å². The molecule has 0 fully saturated rings. The summed E-state index contributed by atoms with van der Waals surface area (Å²) >= 11 is 0. The van der Waals surface area contributed by atoms with Gasteiger partial charge >= 0.3 is 6.09 Å². The highest BCUT2D eigenvalue weighted by molar-refractivity contribution is 6.06. The van der Waals surface area contributed by atoms with Gasteiger partial charge in [0.2, 0.25) is 0 Å². The van der Waals surface area contributed by atoms with E-state index in [0.29, 0.717) is 6.61 Å².